The normalized spacial score (nSPS) is 21.7. The van der Waals surface area contributed by atoms with E-state index in [0.29, 0.717) is 0 Å². The highest BCUT2D eigenvalue weighted by molar-refractivity contribution is 5.54. The van der Waals surface area contributed by atoms with Crippen molar-refractivity contribution in [1.29, 1.82) is 0 Å². The van der Waals surface area contributed by atoms with Crippen LogP contribution in [0.1, 0.15) is 5.56 Å². The summed E-state index contributed by atoms with van der Waals surface area (Å²) in [6.45, 7) is 10.5. The van der Waals surface area contributed by atoms with Crippen LogP contribution >= 0.6 is 0 Å². The molecule has 0 saturated carbocycles. The summed E-state index contributed by atoms with van der Waals surface area (Å²) in [5.74, 6) is 0. The van der Waals surface area contributed by atoms with Crippen molar-refractivity contribution in [3.05, 3.63) is 29.8 Å². The fourth-order valence-corrected chi connectivity index (χ4v) is 3.29. The van der Waals surface area contributed by atoms with Crippen molar-refractivity contribution in [2.75, 3.05) is 70.9 Å². The lowest BCUT2D eigenvalue weighted by atomic mass is 10.1. The maximum absolute atomic E-state index is 3.43. The largest absolute Gasteiger partial charge is 0.369 e. The van der Waals surface area contributed by atoms with Crippen LogP contribution in [0.2, 0.25) is 0 Å². The van der Waals surface area contributed by atoms with Gasteiger partial charge in [-0.3, -0.25) is 0 Å². The van der Waals surface area contributed by atoms with Crippen LogP contribution in [0, 0.1) is 0 Å². The molecule has 116 valence electrons. The molecule has 21 heavy (non-hydrogen) atoms. The minimum atomic E-state index is 1.14. The predicted octanol–water partition coefficient (Wildman–Crippen LogP) is 0.886. The number of hydrogen-bond acceptors (Lipinski definition) is 4. The van der Waals surface area contributed by atoms with E-state index in [0.717, 1.165) is 26.2 Å². The predicted molar refractivity (Wildman–Crippen MR) is 89.2 cm³/mol. The van der Waals surface area contributed by atoms with Gasteiger partial charge in [0.1, 0.15) is 0 Å². The second-order valence-electron chi connectivity index (χ2n) is 6.26. The van der Waals surface area contributed by atoms with E-state index in [4.69, 9.17) is 0 Å². The molecular weight excluding hydrogens is 260 g/mol. The molecule has 0 unspecified atom stereocenters. The highest BCUT2D eigenvalue weighted by Crippen LogP contribution is 2.22. The van der Waals surface area contributed by atoms with Crippen molar-refractivity contribution in [2.24, 2.45) is 0 Å². The van der Waals surface area contributed by atoms with Crippen LogP contribution in [-0.4, -0.2) is 75.8 Å². The zero-order valence-corrected chi connectivity index (χ0v) is 13.2. The molecule has 1 N–H and O–H groups in total. The number of nitrogens with one attached hydrogen (secondary N) is 1. The third kappa shape index (κ3) is 3.96. The molecule has 0 bridgehead atoms. The minimum absolute atomic E-state index is 1.14. The Morgan fingerprint density at radius 1 is 0.952 bits per heavy atom. The zero-order chi connectivity index (χ0) is 14.5. The third-order valence-electron chi connectivity index (χ3n) is 4.74. The summed E-state index contributed by atoms with van der Waals surface area (Å²) in [6.07, 6.45) is 1.17. The molecular formula is C17H28N4. The van der Waals surface area contributed by atoms with Crippen molar-refractivity contribution in [2.45, 2.75) is 6.42 Å². The summed E-state index contributed by atoms with van der Waals surface area (Å²) in [5, 5.41) is 3.43. The van der Waals surface area contributed by atoms with Crippen molar-refractivity contribution in [1.82, 2.24) is 15.1 Å². The van der Waals surface area contributed by atoms with Crippen LogP contribution in [0.4, 0.5) is 5.69 Å². The summed E-state index contributed by atoms with van der Waals surface area (Å²) in [7, 11) is 2.22. The maximum Gasteiger partial charge on any atom is 0.0400 e. The lowest BCUT2D eigenvalue weighted by molar-refractivity contribution is 0.244. The van der Waals surface area contributed by atoms with E-state index in [9.17, 15) is 0 Å². The fourth-order valence-electron chi connectivity index (χ4n) is 3.29. The molecule has 4 heteroatoms. The first-order chi connectivity index (χ1) is 10.3. The van der Waals surface area contributed by atoms with E-state index in [1.54, 1.807) is 0 Å². The summed E-state index contributed by atoms with van der Waals surface area (Å²) < 4.78 is 0. The maximum atomic E-state index is 3.43. The Morgan fingerprint density at radius 2 is 1.67 bits per heavy atom. The Bertz CT molecular complexity index is 434. The molecule has 0 aromatic heterocycles. The van der Waals surface area contributed by atoms with Gasteiger partial charge in [-0.15, -0.1) is 0 Å². The number of rotatable bonds is 4. The number of nitrogens with zero attached hydrogens (tertiary/aromatic N) is 3. The van der Waals surface area contributed by atoms with Gasteiger partial charge in [0.2, 0.25) is 0 Å². The van der Waals surface area contributed by atoms with E-state index < -0.39 is 0 Å². The zero-order valence-electron chi connectivity index (χ0n) is 13.2. The molecule has 2 aliphatic heterocycles. The van der Waals surface area contributed by atoms with Gasteiger partial charge in [0.05, 0.1) is 0 Å². The SMILES string of the molecule is CN1CCN(c2ccccc2CCN2CCNCC2)CC1. The second-order valence-corrected chi connectivity index (χ2v) is 6.26. The van der Waals surface area contributed by atoms with Gasteiger partial charge in [0.15, 0.2) is 0 Å². The summed E-state index contributed by atoms with van der Waals surface area (Å²) in [5.41, 5.74) is 2.97. The van der Waals surface area contributed by atoms with Gasteiger partial charge >= 0.3 is 0 Å². The smallest absolute Gasteiger partial charge is 0.0400 e. The number of hydrogen-bond donors (Lipinski definition) is 1. The van der Waals surface area contributed by atoms with Crippen molar-refractivity contribution < 1.29 is 0 Å². The number of piperazine rings is 2. The first kappa shape index (κ1) is 14.8. The van der Waals surface area contributed by atoms with Gasteiger partial charge in [0.25, 0.3) is 0 Å². The molecule has 3 rings (SSSR count). The Hall–Kier alpha value is -1.10. The molecule has 0 amide bonds. The van der Waals surface area contributed by atoms with E-state index >= 15 is 0 Å². The van der Waals surface area contributed by atoms with Gasteiger partial charge in [-0.2, -0.15) is 0 Å². The molecule has 2 heterocycles. The Balaban J connectivity index is 1.62. The van der Waals surface area contributed by atoms with Gasteiger partial charge in [-0.1, -0.05) is 18.2 Å². The van der Waals surface area contributed by atoms with Crippen LogP contribution in [0.25, 0.3) is 0 Å². The summed E-state index contributed by atoms with van der Waals surface area (Å²) in [6, 6.07) is 8.99. The number of likely N-dealkylation sites (N-methyl/N-ethyl adjacent to an activating group) is 1. The molecule has 4 nitrogen and oxygen atoms in total. The molecule has 0 aliphatic carbocycles. The van der Waals surface area contributed by atoms with Crippen molar-refractivity contribution in [3.8, 4) is 0 Å². The van der Waals surface area contributed by atoms with Gasteiger partial charge in [0, 0.05) is 64.6 Å². The lowest BCUT2D eigenvalue weighted by Gasteiger charge is -2.35. The standard InChI is InChI=1S/C17H28N4/c1-19-12-14-21(15-13-19)17-5-3-2-4-16(17)6-9-20-10-7-18-8-11-20/h2-5,18H,6-15H2,1H3. The van der Waals surface area contributed by atoms with Crippen LogP contribution in [-0.2, 0) is 6.42 Å². The molecule has 1 aromatic carbocycles. The average molecular weight is 288 g/mol. The Labute approximate surface area is 128 Å². The quantitative estimate of drug-likeness (QED) is 0.888. The first-order valence-corrected chi connectivity index (χ1v) is 8.27. The van der Waals surface area contributed by atoms with Crippen molar-refractivity contribution in [3.63, 3.8) is 0 Å². The summed E-state index contributed by atoms with van der Waals surface area (Å²) in [4.78, 5) is 7.56. The fraction of sp³-hybridized carbons (Fsp3) is 0.647. The van der Waals surface area contributed by atoms with Crippen molar-refractivity contribution >= 4 is 5.69 Å². The van der Waals surface area contributed by atoms with E-state index in [-0.39, 0.29) is 0 Å². The van der Waals surface area contributed by atoms with E-state index in [1.807, 2.05) is 0 Å². The molecule has 0 atom stereocenters. The van der Waals surface area contributed by atoms with Crippen LogP contribution in [0.5, 0.6) is 0 Å². The number of benzene rings is 1. The number of para-hydroxylation sites is 1. The molecule has 0 spiro atoms. The Morgan fingerprint density at radius 3 is 2.43 bits per heavy atom. The van der Waals surface area contributed by atoms with Crippen LogP contribution in [0.15, 0.2) is 24.3 Å². The molecule has 1 aromatic rings. The highest BCUT2D eigenvalue weighted by atomic mass is 15.2. The van der Waals surface area contributed by atoms with Gasteiger partial charge in [-0.25, -0.2) is 0 Å². The molecule has 2 fully saturated rings. The summed E-state index contributed by atoms with van der Waals surface area (Å²) >= 11 is 0. The van der Waals surface area contributed by atoms with E-state index in [1.165, 1.54) is 50.4 Å². The minimum Gasteiger partial charge on any atom is -0.369 e. The topological polar surface area (TPSA) is 21.8 Å². The second kappa shape index (κ2) is 7.25. The monoisotopic (exact) mass is 288 g/mol. The highest BCUT2D eigenvalue weighted by Gasteiger charge is 2.17. The first-order valence-electron chi connectivity index (χ1n) is 8.27. The average Bonchev–Trinajstić information content (AvgIpc) is 2.55. The van der Waals surface area contributed by atoms with Gasteiger partial charge < -0.3 is 20.0 Å². The molecule has 2 aliphatic rings. The van der Waals surface area contributed by atoms with Crippen LogP contribution in [0.3, 0.4) is 0 Å². The lowest BCUT2D eigenvalue weighted by Crippen LogP contribution is -2.45. The Kier molecular flexibility index (Phi) is 5.12. The van der Waals surface area contributed by atoms with Crippen LogP contribution < -0.4 is 10.2 Å². The van der Waals surface area contributed by atoms with Gasteiger partial charge in [-0.05, 0) is 25.1 Å². The molecule has 0 radical (unpaired) electrons. The molecule has 2 saturated heterocycles. The number of anilines is 1. The van der Waals surface area contributed by atoms with E-state index in [2.05, 4.69) is 51.3 Å². The third-order valence-corrected chi connectivity index (χ3v) is 4.74.